The molecule has 34 heavy (non-hydrogen) atoms. The molecule has 1 N–H and O–H groups in total. The number of aryl methyl sites for hydroxylation is 1. The van der Waals surface area contributed by atoms with Gasteiger partial charge in [0.05, 0.1) is 14.2 Å². The highest BCUT2D eigenvalue weighted by atomic mass is 16.6. The van der Waals surface area contributed by atoms with Gasteiger partial charge in [-0.25, -0.2) is 0 Å². The van der Waals surface area contributed by atoms with Gasteiger partial charge in [-0.05, 0) is 80.1 Å². The van der Waals surface area contributed by atoms with Crippen molar-refractivity contribution < 1.29 is 24.1 Å². The maximum atomic E-state index is 12.1. The fourth-order valence-corrected chi connectivity index (χ4v) is 3.91. The van der Waals surface area contributed by atoms with Gasteiger partial charge >= 0.3 is 5.97 Å². The van der Waals surface area contributed by atoms with E-state index in [9.17, 15) is 9.90 Å². The fourth-order valence-electron chi connectivity index (χ4n) is 3.91. The lowest BCUT2D eigenvalue weighted by molar-refractivity contribution is -0.154. The summed E-state index contributed by atoms with van der Waals surface area (Å²) >= 11 is 0. The average Bonchev–Trinajstić information content (AvgIpc) is 2.83. The molecule has 180 valence electrons. The highest BCUT2D eigenvalue weighted by Gasteiger charge is 2.34. The Labute approximate surface area is 202 Å². The highest BCUT2D eigenvalue weighted by molar-refractivity contribution is 5.69. The largest absolute Gasteiger partial charge is 0.497 e. The Morgan fingerprint density at radius 2 is 1.15 bits per heavy atom. The normalized spacial score (nSPS) is 11.7. The summed E-state index contributed by atoms with van der Waals surface area (Å²) in [6, 6.07) is 22.7. The minimum atomic E-state index is -1.35. The van der Waals surface area contributed by atoms with E-state index in [1.807, 2.05) is 93.6 Å². The van der Waals surface area contributed by atoms with Crippen LogP contribution in [-0.2, 0) is 21.6 Å². The van der Waals surface area contributed by atoms with Crippen LogP contribution in [0.2, 0.25) is 0 Å². The summed E-state index contributed by atoms with van der Waals surface area (Å²) in [5.74, 6) is 1.26. The van der Waals surface area contributed by atoms with Crippen LogP contribution in [0.5, 0.6) is 11.5 Å². The van der Waals surface area contributed by atoms with Crippen molar-refractivity contribution in [2.75, 3.05) is 14.2 Å². The zero-order chi connectivity index (χ0) is 24.8. The fraction of sp³-hybridized carbons (Fsp3) is 0.345. The van der Waals surface area contributed by atoms with Crippen molar-refractivity contribution in [2.45, 2.75) is 51.2 Å². The number of aliphatic hydroxyl groups is 1. The molecule has 0 fully saturated rings. The van der Waals surface area contributed by atoms with Gasteiger partial charge in [-0.15, -0.1) is 0 Å². The van der Waals surface area contributed by atoms with Crippen molar-refractivity contribution in [3.8, 4) is 11.5 Å². The molecule has 0 amide bonds. The summed E-state index contributed by atoms with van der Waals surface area (Å²) in [5.41, 5.74) is 1.49. The zero-order valence-corrected chi connectivity index (χ0v) is 20.6. The Hall–Kier alpha value is -3.31. The van der Waals surface area contributed by atoms with Gasteiger partial charge < -0.3 is 19.3 Å². The first-order chi connectivity index (χ1) is 16.2. The molecule has 5 heteroatoms. The highest BCUT2D eigenvalue weighted by Crippen LogP contribution is 2.38. The minimum Gasteiger partial charge on any atom is -0.497 e. The molecule has 5 nitrogen and oxygen atoms in total. The smallest absolute Gasteiger partial charge is 0.306 e. The molecule has 0 bridgehead atoms. The lowest BCUT2D eigenvalue weighted by Gasteiger charge is -2.30. The molecule has 0 unspecified atom stereocenters. The molecule has 0 saturated heterocycles. The first-order valence-corrected chi connectivity index (χ1v) is 11.5. The molecule has 3 aromatic rings. The Balaban J connectivity index is 1.84. The van der Waals surface area contributed by atoms with Crippen molar-refractivity contribution in [3.63, 3.8) is 0 Å². The van der Waals surface area contributed by atoms with E-state index in [4.69, 9.17) is 14.2 Å². The third kappa shape index (κ3) is 6.17. The summed E-state index contributed by atoms with van der Waals surface area (Å²) < 4.78 is 16.0. The van der Waals surface area contributed by atoms with Crippen molar-refractivity contribution in [1.82, 2.24) is 0 Å². The van der Waals surface area contributed by atoms with Crippen molar-refractivity contribution in [2.24, 2.45) is 0 Å². The van der Waals surface area contributed by atoms with Gasteiger partial charge in [-0.3, -0.25) is 4.79 Å². The molecule has 0 atom stereocenters. The lowest BCUT2D eigenvalue weighted by Crippen LogP contribution is -2.28. The van der Waals surface area contributed by atoms with E-state index in [0.717, 1.165) is 40.2 Å². The van der Waals surface area contributed by atoms with E-state index in [-0.39, 0.29) is 5.97 Å². The summed E-state index contributed by atoms with van der Waals surface area (Å²) in [7, 11) is 3.23. The monoisotopic (exact) mass is 462 g/mol. The molecule has 0 radical (unpaired) electrons. The van der Waals surface area contributed by atoms with E-state index >= 15 is 0 Å². The topological polar surface area (TPSA) is 65.0 Å². The van der Waals surface area contributed by atoms with Crippen LogP contribution in [0.4, 0.5) is 0 Å². The van der Waals surface area contributed by atoms with Gasteiger partial charge in [-0.1, -0.05) is 48.5 Å². The second-order valence-corrected chi connectivity index (χ2v) is 9.30. The lowest BCUT2D eigenvalue weighted by atomic mass is 9.80. The van der Waals surface area contributed by atoms with Gasteiger partial charge in [0.2, 0.25) is 0 Å². The summed E-state index contributed by atoms with van der Waals surface area (Å²) in [6.45, 7) is 5.61. The molecular formula is C29H34O5. The maximum absolute atomic E-state index is 12.1. The second kappa shape index (κ2) is 10.7. The Morgan fingerprint density at radius 3 is 1.53 bits per heavy atom. The first-order valence-electron chi connectivity index (χ1n) is 11.5. The van der Waals surface area contributed by atoms with Gasteiger partial charge in [0.1, 0.15) is 22.7 Å². The average molecular weight is 463 g/mol. The van der Waals surface area contributed by atoms with Crippen LogP contribution in [0.1, 0.15) is 55.9 Å². The van der Waals surface area contributed by atoms with Crippen LogP contribution in [-0.4, -0.2) is 30.9 Å². The van der Waals surface area contributed by atoms with Crippen molar-refractivity contribution in [3.05, 3.63) is 95.1 Å². The van der Waals surface area contributed by atoms with E-state index in [0.29, 0.717) is 12.8 Å². The summed E-state index contributed by atoms with van der Waals surface area (Å²) in [4.78, 5) is 12.0. The van der Waals surface area contributed by atoms with Crippen LogP contribution < -0.4 is 9.47 Å². The quantitative estimate of drug-likeness (QED) is 0.329. The third-order valence-electron chi connectivity index (χ3n) is 5.65. The molecular weight excluding hydrogens is 428 g/mol. The van der Waals surface area contributed by atoms with Crippen LogP contribution in [0.25, 0.3) is 0 Å². The Morgan fingerprint density at radius 1 is 0.735 bits per heavy atom. The minimum absolute atomic E-state index is 0.183. The molecule has 0 aromatic heterocycles. The molecule has 0 saturated carbocycles. The number of carbonyl (C=O) groups excluding carboxylic acids is 1. The molecule has 0 aliphatic heterocycles. The third-order valence-corrected chi connectivity index (χ3v) is 5.65. The number of hydrogen-bond donors (Lipinski definition) is 1. The zero-order valence-electron chi connectivity index (χ0n) is 20.6. The molecule has 0 heterocycles. The molecule has 0 aliphatic rings. The molecule has 0 spiro atoms. The number of rotatable bonds is 9. The van der Waals surface area contributed by atoms with Gasteiger partial charge in [0, 0.05) is 6.42 Å². The number of ether oxygens (including phenoxy) is 3. The number of methoxy groups -OCH3 is 2. The summed E-state index contributed by atoms with van der Waals surface area (Å²) in [5, 5.41) is 12.1. The Bertz CT molecular complexity index is 1010. The van der Waals surface area contributed by atoms with Gasteiger partial charge in [0.15, 0.2) is 0 Å². The number of hydrogen-bond acceptors (Lipinski definition) is 5. The predicted molar refractivity (Wildman–Crippen MR) is 133 cm³/mol. The van der Waals surface area contributed by atoms with E-state index < -0.39 is 11.2 Å². The van der Waals surface area contributed by atoms with Gasteiger partial charge in [0.25, 0.3) is 0 Å². The van der Waals surface area contributed by atoms with Crippen LogP contribution in [0.3, 0.4) is 0 Å². The van der Waals surface area contributed by atoms with E-state index in [1.54, 1.807) is 14.2 Å². The van der Waals surface area contributed by atoms with Gasteiger partial charge in [-0.2, -0.15) is 0 Å². The van der Waals surface area contributed by atoms with E-state index in [2.05, 4.69) is 0 Å². The number of benzene rings is 3. The Kier molecular flexibility index (Phi) is 8.00. The van der Waals surface area contributed by atoms with E-state index in [1.165, 1.54) is 0 Å². The predicted octanol–water partition coefficient (Wildman–Crippen LogP) is 5.65. The van der Waals surface area contributed by atoms with Crippen LogP contribution >= 0.6 is 0 Å². The number of esters is 1. The van der Waals surface area contributed by atoms with Crippen LogP contribution in [0.15, 0.2) is 72.8 Å². The molecule has 3 aromatic carbocycles. The number of carbonyl (C=O) groups is 1. The van der Waals surface area contributed by atoms with Crippen molar-refractivity contribution in [1.29, 1.82) is 0 Å². The standard InChI is InChI=1S/C29H34O5/c1-28(2,3)34-27(30)8-6-7-21-9-11-22(12-10-21)29(31,23-13-17-25(32-4)18-14-23)24-15-19-26(33-5)20-16-24/h9-20,31H,6-8H2,1-5H3. The van der Waals surface area contributed by atoms with Crippen LogP contribution in [0, 0.1) is 0 Å². The maximum Gasteiger partial charge on any atom is 0.306 e. The first kappa shape index (κ1) is 25.3. The van der Waals surface area contributed by atoms with Crippen molar-refractivity contribution >= 4 is 5.97 Å². The molecule has 0 aliphatic carbocycles. The second-order valence-electron chi connectivity index (χ2n) is 9.30. The summed E-state index contributed by atoms with van der Waals surface area (Å²) in [6.07, 6.45) is 1.83. The SMILES string of the molecule is COc1ccc(C(O)(c2ccc(CCCC(=O)OC(C)(C)C)cc2)c2ccc(OC)cc2)cc1. The molecule has 3 rings (SSSR count).